The third-order valence-corrected chi connectivity index (χ3v) is 6.06. The van der Waals surface area contributed by atoms with Gasteiger partial charge in [0.25, 0.3) is 0 Å². The summed E-state index contributed by atoms with van der Waals surface area (Å²) in [5, 5.41) is 1.14. The van der Waals surface area contributed by atoms with Gasteiger partial charge < -0.3 is 19.5 Å². The minimum atomic E-state index is -0.577. The first-order valence-electron chi connectivity index (χ1n) is 10.2. The topological polar surface area (TPSA) is 48.6 Å². The number of para-hydroxylation sites is 1. The van der Waals surface area contributed by atoms with Crippen molar-refractivity contribution in [1.29, 1.82) is 0 Å². The second kappa shape index (κ2) is 7.47. The second-order valence-corrected chi connectivity index (χ2v) is 8.27. The molecule has 0 unspecified atom stereocenters. The maximum atomic E-state index is 13.5. The third kappa shape index (κ3) is 3.46. The number of fused-ring (bicyclic) bond motifs is 1. The number of benzene rings is 2. The van der Waals surface area contributed by atoms with Crippen LogP contribution in [0.2, 0.25) is 0 Å². The molecular formula is C24H29N3O2. The van der Waals surface area contributed by atoms with Crippen molar-refractivity contribution < 1.29 is 9.53 Å². The van der Waals surface area contributed by atoms with Gasteiger partial charge >= 0.3 is 0 Å². The van der Waals surface area contributed by atoms with Crippen LogP contribution in [-0.4, -0.2) is 49.1 Å². The fourth-order valence-electron chi connectivity index (χ4n) is 4.55. The Hall–Kier alpha value is -2.95. The first kappa shape index (κ1) is 19.4. The van der Waals surface area contributed by atoms with E-state index < -0.39 is 5.41 Å². The van der Waals surface area contributed by atoms with Crippen molar-refractivity contribution >= 4 is 22.5 Å². The number of nitrogens with one attached hydrogen (secondary N) is 1. The Labute approximate surface area is 172 Å². The van der Waals surface area contributed by atoms with E-state index in [1.54, 1.807) is 7.11 Å². The number of aromatic amines is 1. The zero-order valence-corrected chi connectivity index (χ0v) is 17.7. The van der Waals surface area contributed by atoms with E-state index in [0.717, 1.165) is 54.1 Å². The van der Waals surface area contributed by atoms with Crippen molar-refractivity contribution in [3.63, 3.8) is 0 Å². The highest BCUT2D eigenvalue weighted by Gasteiger charge is 2.38. The fourth-order valence-corrected chi connectivity index (χ4v) is 4.55. The van der Waals surface area contributed by atoms with E-state index in [-0.39, 0.29) is 5.91 Å². The van der Waals surface area contributed by atoms with Crippen LogP contribution < -0.4 is 9.64 Å². The molecule has 1 saturated heterocycles. The lowest BCUT2D eigenvalue weighted by Crippen LogP contribution is -2.53. The number of aromatic nitrogens is 1. The normalized spacial score (nSPS) is 15.0. The molecule has 0 atom stereocenters. The standard InChI is InChI=1S/C24H29N3O2/c1-17-22(20-7-5-6-8-21(20)25-17)24(2,3)23(28)27-15-13-26(14-16-27)18-9-11-19(29-4)12-10-18/h5-12,25H,13-16H2,1-4H3. The molecule has 5 nitrogen and oxygen atoms in total. The highest BCUT2D eigenvalue weighted by atomic mass is 16.5. The van der Waals surface area contributed by atoms with Crippen molar-refractivity contribution in [3.05, 3.63) is 59.8 Å². The molecule has 152 valence electrons. The van der Waals surface area contributed by atoms with Crippen LogP contribution in [0.25, 0.3) is 10.9 Å². The average molecular weight is 392 g/mol. The van der Waals surface area contributed by atoms with E-state index in [0.29, 0.717) is 0 Å². The number of piperazine rings is 1. The van der Waals surface area contributed by atoms with Crippen molar-refractivity contribution in [2.75, 3.05) is 38.2 Å². The average Bonchev–Trinajstić information content (AvgIpc) is 3.09. The van der Waals surface area contributed by atoms with E-state index in [1.807, 2.05) is 43.0 Å². The Morgan fingerprint density at radius 3 is 2.31 bits per heavy atom. The number of H-pyrrole nitrogens is 1. The Kier molecular flexibility index (Phi) is 4.99. The van der Waals surface area contributed by atoms with Gasteiger partial charge in [-0.3, -0.25) is 4.79 Å². The van der Waals surface area contributed by atoms with Crippen molar-refractivity contribution in [2.24, 2.45) is 0 Å². The number of anilines is 1. The van der Waals surface area contributed by atoms with Gasteiger partial charge in [0.05, 0.1) is 12.5 Å². The number of carbonyl (C=O) groups excluding carboxylic acids is 1. The van der Waals surface area contributed by atoms with Gasteiger partial charge in [0.1, 0.15) is 5.75 Å². The summed E-state index contributed by atoms with van der Waals surface area (Å²) < 4.78 is 5.24. The number of methoxy groups -OCH3 is 1. The summed E-state index contributed by atoms with van der Waals surface area (Å²) in [4.78, 5) is 21.3. The number of carbonyl (C=O) groups is 1. The summed E-state index contributed by atoms with van der Waals surface area (Å²) in [5.41, 5.74) is 3.86. The predicted molar refractivity (Wildman–Crippen MR) is 118 cm³/mol. The molecule has 1 aromatic heterocycles. The van der Waals surface area contributed by atoms with E-state index >= 15 is 0 Å². The zero-order chi connectivity index (χ0) is 20.6. The number of hydrogen-bond acceptors (Lipinski definition) is 3. The molecule has 0 aliphatic carbocycles. The summed E-state index contributed by atoms with van der Waals surface area (Å²) in [5.74, 6) is 1.05. The largest absolute Gasteiger partial charge is 0.497 e. The molecule has 2 heterocycles. The smallest absolute Gasteiger partial charge is 0.232 e. The van der Waals surface area contributed by atoms with Crippen molar-refractivity contribution in [2.45, 2.75) is 26.2 Å². The first-order valence-corrected chi connectivity index (χ1v) is 10.2. The monoisotopic (exact) mass is 391 g/mol. The summed E-state index contributed by atoms with van der Waals surface area (Å²) in [7, 11) is 1.68. The lowest BCUT2D eigenvalue weighted by atomic mass is 9.81. The van der Waals surface area contributed by atoms with Crippen LogP contribution in [0.3, 0.4) is 0 Å². The van der Waals surface area contributed by atoms with Crippen LogP contribution in [0.5, 0.6) is 5.75 Å². The molecule has 5 heteroatoms. The van der Waals surface area contributed by atoms with Crippen molar-refractivity contribution in [1.82, 2.24) is 9.88 Å². The minimum Gasteiger partial charge on any atom is -0.497 e. The van der Waals surface area contributed by atoms with Gasteiger partial charge in [-0.2, -0.15) is 0 Å². The van der Waals surface area contributed by atoms with Gasteiger partial charge in [-0.15, -0.1) is 0 Å². The molecule has 0 saturated carbocycles. The summed E-state index contributed by atoms with van der Waals surface area (Å²) >= 11 is 0. The third-order valence-electron chi connectivity index (χ3n) is 6.06. The van der Waals surface area contributed by atoms with E-state index in [1.165, 1.54) is 5.69 Å². The molecule has 4 rings (SSSR count). The molecule has 1 aliphatic heterocycles. The predicted octanol–water partition coefficient (Wildman–Crippen LogP) is 4.11. The van der Waals surface area contributed by atoms with E-state index in [4.69, 9.17) is 4.74 Å². The SMILES string of the molecule is COc1ccc(N2CCN(C(=O)C(C)(C)c3c(C)[nH]c4ccccc34)CC2)cc1. The van der Waals surface area contributed by atoms with E-state index in [2.05, 4.69) is 41.1 Å². The molecule has 1 fully saturated rings. The molecule has 29 heavy (non-hydrogen) atoms. The Morgan fingerprint density at radius 2 is 1.66 bits per heavy atom. The molecule has 1 N–H and O–H groups in total. The van der Waals surface area contributed by atoms with Crippen LogP contribution in [0, 0.1) is 6.92 Å². The Bertz CT molecular complexity index is 1010. The van der Waals surface area contributed by atoms with Gasteiger partial charge in [0, 0.05) is 48.5 Å². The number of rotatable bonds is 4. The summed E-state index contributed by atoms with van der Waals surface area (Å²) in [6.07, 6.45) is 0. The van der Waals surface area contributed by atoms with Crippen LogP contribution in [0.15, 0.2) is 48.5 Å². The Balaban J connectivity index is 1.50. The van der Waals surface area contributed by atoms with E-state index in [9.17, 15) is 4.79 Å². The fraction of sp³-hybridized carbons (Fsp3) is 0.375. The molecular weight excluding hydrogens is 362 g/mol. The maximum Gasteiger partial charge on any atom is 0.232 e. The van der Waals surface area contributed by atoms with Gasteiger partial charge in [-0.25, -0.2) is 0 Å². The lowest BCUT2D eigenvalue weighted by Gasteiger charge is -2.39. The van der Waals surface area contributed by atoms with Crippen LogP contribution in [0.1, 0.15) is 25.1 Å². The zero-order valence-electron chi connectivity index (χ0n) is 17.7. The Morgan fingerprint density at radius 1 is 1.00 bits per heavy atom. The van der Waals surface area contributed by atoms with Gasteiger partial charge in [0.15, 0.2) is 0 Å². The van der Waals surface area contributed by atoms with Crippen LogP contribution in [-0.2, 0) is 10.2 Å². The van der Waals surface area contributed by atoms with Crippen LogP contribution >= 0.6 is 0 Å². The van der Waals surface area contributed by atoms with Gasteiger partial charge in [0.2, 0.25) is 5.91 Å². The lowest BCUT2D eigenvalue weighted by molar-refractivity contribution is -0.136. The molecule has 2 aromatic carbocycles. The minimum absolute atomic E-state index is 0.194. The molecule has 1 aliphatic rings. The molecule has 0 bridgehead atoms. The molecule has 1 amide bonds. The molecule has 3 aromatic rings. The highest BCUT2D eigenvalue weighted by molar-refractivity contribution is 5.95. The quantitative estimate of drug-likeness (QED) is 0.728. The summed E-state index contributed by atoms with van der Waals surface area (Å²) in [6.45, 7) is 9.29. The summed E-state index contributed by atoms with van der Waals surface area (Å²) in [6, 6.07) is 16.4. The van der Waals surface area contributed by atoms with Crippen molar-refractivity contribution in [3.8, 4) is 5.75 Å². The number of hydrogen-bond donors (Lipinski definition) is 1. The number of ether oxygens (including phenoxy) is 1. The van der Waals surface area contributed by atoms with Crippen LogP contribution in [0.4, 0.5) is 5.69 Å². The highest BCUT2D eigenvalue weighted by Crippen LogP contribution is 2.35. The first-order chi connectivity index (χ1) is 13.9. The number of nitrogens with zero attached hydrogens (tertiary/aromatic N) is 2. The second-order valence-electron chi connectivity index (χ2n) is 8.27. The number of amides is 1. The van der Waals surface area contributed by atoms with Gasteiger partial charge in [-0.1, -0.05) is 18.2 Å². The number of aryl methyl sites for hydroxylation is 1. The van der Waals surface area contributed by atoms with Gasteiger partial charge in [-0.05, 0) is 56.7 Å². The maximum absolute atomic E-state index is 13.5. The molecule has 0 spiro atoms. The molecule has 0 radical (unpaired) electrons.